The molecule has 0 saturated heterocycles. The minimum Gasteiger partial charge on any atom is -0.388 e. The van der Waals surface area contributed by atoms with E-state index in [4.69, 9.17) is 0 Å². The maximum absolute atomic E-state index is 10.4. The van der Waals surface area contributed by atoms with Crippen molar-refractivity contribution >= 4 is 0 Å². The molecule has 2 aliphatic rings. The zero-order valence-electron chi connectivity index (χ0n) is 8.29. The molecule has 3 unspecified atom stereocenters. The van der Waals surface area contributed by atoms with Crippen LogP contribution in [0.25, 0.3) is 0 Å². The molecule has 1 aliphatic carbocycles. The zero-order chi connectivity index (χ0) is 9.31. The number of rotatable bonds is 1. The first kappa shape index (κ1) is 9.22. The van der Waals surface area contributed by atoms with E-state index in [9.17, 15) is 5.11 Å². The molecular formula is C11H19NO. The van der Waals surface area contributed by atoms with Crippen molar-refractivity contribution in [3.63, 3.8) is 0 Å². The average molecular weight is 181 g/mol. The second-order valence-electron chi connectivity index (χ2n) is 4.62. The third kappa shape index (κ3) is 1.79. The smallest absolute Gasteiger partial charge is 0.0838 e. The molecule has 0 bridgehead atoms. The van der Waals surface area contributed by atoms with Gasteiger partial charge in [0.05, 0.1) is 11.6 Å². The van der Waals surface area contributed by atoms with Crippen molar-refractivity contribution < 1.29 is 5.11 Å². The van der Waals surface area contributed by atoms with Crippen LogP contribution in [-0.4, -0.2) is 23.3 Å². The molecule has 1 saturated carbocycles. The monoisotopic (exact) mass is 181 g/mol. The van der Waals surface area contributed by atoms with Gasteiger partial charge in [0.1, 0.15) is 0 Å². The van der Waals surface area contributed by atoms with Gasteiger partial charge in [-0.15, -0.1) is 0 Å². The maximum Gasteiger partial charge on any atom is 0.0838 e. The van der Waals surface area contributed by atoms with E-state index in [0.29, 0.717) is 5.92 Å². The highest BCUT2D eigenvalue weighted by molar-refractivity contribution is 5.11. The predicted octanol–water partition coefficient (Wildman–Crippen LogP) is 1.46. The molecular weight excluding hydrogens is 162 g/mol. The minimum absolute atomic E-state index is 0.204. The Morgan fingerprint density at radius 2 is 2.38 bits per heavy atom. The van der Waals surface area contributed by atoms with Crippen LogP contribution in [0.5, 0.6) is 0 Å². The fraction of sp³-hybridized carbons (Fsp3) is 0.818. The Balaban J connectivity index is 2.04. The Labute approximate surface area is 80.0 Å². The number of nitrogens with one attached hydrogen (secondary N) is 1. The van der Waals surface area contributed by atoms with Crippen LogP contribution in [0.4, 0.5) is 0 Å². The predicted molar refractivity (Wildman–Crippen MR) is 53.5 cm³/mol. The number of hydrogen-bond acceptors (Lipinski definition) is 2. The molecule has 74 valence electrons. The Hall–Kier alpha value is -0.340. The molecule has 0 aromatic rings. The summed E-state index contributed by atoms with van der Waals surface area (Å²) in [7, 11) is 0. The highest BCUT2D eigenvalue weighted by Crippen LogP contribution is 2.35. The van der Waals surface area contributed by atoms with Gasteiger partial charge in [0.25, 0.3) is 0 Å². The molecule has 0 amide bonds. The Morgan fingerprint density at radius 1 is 1.54 bits per heavy atom. The van der Waals surface area contributed by atoms with E-state index in [1.165, 1.54) is 12.8 Å². The van der Waals surface area contributed by atoms with Gasteiger partial charge in [-0.2, -0.15) is 0 Å². The summed E-state index contributed by atoms with van der Waals surface area (Å²) in [5.74, 6) is 0.676. The van der Waals surface area contributed by atoms with Gasteiger partial charge in [-0.05, 0) is 18.8 Å². The van der Waals surface area contributed by atoms with Gasteiger partial charge in [-0.1, -0.05) is 31.9 Å². The second-order valence-corrected chi connectivity index (χ2v) is 4.62. The fourth-order valence-electron chi connectivity index (χ4n) is 2.68. The van der Waals surface area contributed by atoms with E-state index in [2.05, 4.69) is 24.4 Å². The van der Waals surface area contributed by atoms with Crippen LogP contribution in [0.3, 0.4) is 0 Å². The van der Waals surface area contributed by atoms with E-state index in [1.54, 1.807) is 0 Å². The van der Waals surface area contributed by atoms with Gasteiger partial charge < -0.3 is 10.4 Å². The first-order valence-electron chi connectivity index (χ1n) is 5.33. The van der Waals surface area contributed by atoms with Crippen molar-refractivity contribution in [2.45, 2.75) is 44.2 Å². The molecule has 1 fully saturated rings. The van der Waals surface area contributed by atoms with Crippen molar-refractivity contribution in [2.75, 3.05) is 6.54 Å². The molecule has 1 heterocycles. The van der Waals surface area contributed by atoms with Crippen LogP contribution < -0.4 is 5.32 Å². The van der Waals surface area contributed by atoms with Gasteiger partial charge in [0.2, 0.25) is 0 Å². The summed E-state index contributed by atoms with van der Waals surface area (Å²) < 4.78 is 0. The third-order valence-electron chi connectivity index (χ3n) is 3.37. The molecule has 2 N–H and O–H groups in total. The summed E-state index contributed by atoms with van der Waals surface area (Å²) in [6.45, 7) is 3.16. The highest BCUT2D eigenvalue weighted by atomic mass is 16.3. The molecule has 0 aromatic heterocycles. The van der Waals surface area contributed by atoms with Crippen LogP contribution in [0.1, 0.15) is 32.6 Å². The van der Waals surface area contributed by atoms with Gasteiger partial charge in [-0.25, -0.2) is 0 Å². The topological polar surface area (TPSA) is 32.3 Å². The lowest BCUT2D eigenvalue weighted by atomic mass is 9.75. The molecule has 2 rings (SSSR count). The largest absolute Gasteiger partial charge is 0.388 e. The van der Waals surface area contributed by atoms with Crippen LogP contribution in [-0.2, 0) is 0 Å². The van der Waals surface area contributed by atoms with E-state index >= 15 is 0 Å². The van der Waals surface area contributed by atoms with Crippen molar-refractivity contribution in [3.8, 4) is 0 Å². The van der Waals surface area contributed by atoms with E-state index in [-0.39, 0.29) is 6.04 Å². The van der Waals surface area contributed by atoms with Crippen molar-refractivity contribution in [2.24, 2.45) is 5.92 Å². The minimum atomic E-state index is -0.468. The fourth-order valence-corrected chi connectivity index (χ4v) is 2.68. The lowest BCUT2D eigenvalue weighted by molar-refractivity contribution is -0.0294. The van der Waals surface area contributed by atoms with Crippen molar-refractivity contribution in [1.82, 2.24) is 5.32 Å². The van der Waals surface area contributed by atoms with Crippen LogP contribution in [0.2, 0.25) is 0 Å². The summed E-state index contributed by atoms with van der Waals surface area (Å²) in [6, 6.07) is 0.204. The van der Waals surface area contributed by atoms with Crippen molar-refractivity contribution in [1.29, 1.82) is 0 Å². The third-order valence-corrected chi connectivity index (χ3v) is 3.37. The molecule has 2 heteroatoms. The summed E-state index contributed by atoms with van der Waals surface area (Å²) in [5, 5.41) is 13.8. The summed E-state index contributed by atoms with van der Waals surface area (Å²) in [6.07, 6.45) is 8.59. The zero-order valence-corrected chi connectivity index (χ0v) is 8.29. The standard InChI is InChI=1S/C11H19NO/c1-9-4-2-6-11(13,8-9)10-5-3-7-12-10/h3,5,9-10,12-13H,2,4,6-8H2,1H3. The van der Waals surface area contributed by atoms with Crippen LogP contribution in [0.15, 0.2) is 12.2 Å². The SMILES string of the molecule is CC1CCCC(O)(C2C=CCN2)C1. The summed E-state index contributed by atoms with van der Waals surface area (Å²) in [4.78, 5) is 0. The van der Waals surface area contributed by atoms with Crippen LogP contribution >= 0.6 is 0 Å². The molecule has 3 atom stereocenters. The van der Waals surface area contributed by atoms with Gasteiger partial charge in [0, 0.05) is 6.54 Å². The highest BCUT2D eigenvalue weighted by Gasteiger charge is 2.39. The molecule has 1 aliphatic heterocycles. The quantitative estimate of drug-likeness (QED) is 0.600. The number of hydrogen-bond donors (Lipinski definition) is 2. The first-order chi connectivity index (χ1) is 6.21. The van der Waals surface area contributed by atoms with E-state index < -0.39 is 5.60 Å². The second kappa shape index (κ2) is 3.43. The molecule has 2 nitrogen and oxygen atoms in total. The summed E-state index contributed by atoms with van der Waals surface area (Å²) >= 11 is 0. The van der Waals surface area contributed by atoms with Gasteiger partial charge in [-0.3, -0.25) is 0 Å². The van der Waals surface area contributed by atoms with Crippen molar-refractivity contribution in [3.05, 3.63) is 12.2 Å². The van der Waals surface area contributed by atoms with Gasteiger partial charge >= 0.3 is 0 Å². The molecule has 0 aromatic carbocycles. The Bertz CT molecular complexity index is 214. The Morgan fingerprint density at radius 3 is 3.00 bits per heavy atom. The van der Waals surface area contributed by atoms with Crippen LogP contribution in [0, 0.1) is 5.92 Å². The average Bonchev–Trinajstić information content (AvgIpc) is 2.55. The molecule has 0 radical (unpaired) electrons. The maximum atomic E-state index is 10.4. The Kier molecular flexibility index (Phi) is 2.43. The molecule has 13 heavy (non-hydrogen) atoms. The molecule has 0 spiro atoms. The normalized spacial score (nSPS) is 45.4. The lowest BCUT2D eigenvalue weighted by Crippen LogP contribution is -2.50. The first-order valence-corrected chi connectivity index (χ1v) is 5.33. The lowest BCUT2D eigenvalue weighted by Gasteiger charge is -2.39. The van der Waals surface area contributed by atoms with E-state index in [0.717, 1.165) is 19.4 Å². The summed E-state index contributed by atoms with van der Waals surface area (Å²) in [5.41, 5.74) is -0.468. The van der Waals surface area contributed by atoms with Gasteiger partial charge in [0.15, 0.2) is 0 Å². The van der Waals surface area contributed by atoms with E-state index in [1.807, 2.05) is 0 Å². The number of aliphatic hydroxyl groups is 1.